The summed E-state index contributed by atoms with van der Waals surface area (Å²) in [4.78, 5) is 28.0. The Morgan fingerprint density at radius 3 is 2.71 bits per heavy atom. The normalized spacial score (nSPS) is 11.4. The summed E-state index contributed by atoms with van der Waals surface area (Å²) in [5.41, 5.74) is 3.03. The maximum absolute atomic E-state index is 14.2. The van der Waals surface area contributed by atoms with E-state index in [0.717, 1.165) is 24.1 Å². The van der Waals surface area contributed by atoms with Crippen molar-refractivity contribution in [3.05, 3.63) is 69.0 Å². The highest BCUT2D eigenvalue weighted by molar-refractivity contribution is 6.06. The van der Waals surface area contributed by atoms with Crippen LogP contribution in [0.1, 0.15) is 60.4 Å². The van der Waals surface area contributed by atoms with Gasteiger partial charge in [-0.05, 0) is 57.0 Å². The molecule has 0 atom stereocenters. The number of halogens is 1. The van der Waals surface area contributed by atoms with E-state index in [4.69, 9.17) is 0 Å². The van der Waals surface area contributed by atoms with Crippen LogP contribution in [0.15, 0.2) is 35.3 Å². The average molecular weight is 383 g/mol. The minimum Gasteiger partial charge on any atom is -0.348 e. The van der Waals surface area contributed by atoms with Gasteiger partial charge < -0.3 is 14.9 Å². The summed E-state index contributed by atoms with van der Waals surface area (Å²) < 4.78 is 16.1. The van der Waals surface area contributed by atoms with Crippen molar-refractivity contribution in [1.82, 2.24) is 14.9 Å². The van der Waals surface area contributed by atoms with Crippen LogP contribution in [-0.4, -0.2) is 15.5 Å². The van der Waals surface area contributed by atoms with Gasteiger partial charge in [0.2, 0.25) is 0 Å². The number of aryl methyl sites for hydroxylation is 2. The second-order valence-electron chi connectivity index (χ2n) is 7.42. The average Bonchev–Trinajstić information content (AvgIpc) is 3.04. The number of amides is 1. The molecule has 0 fully saturated rings. The van der Waals surface area contributed by atoms with Gasteiger partial charge in [-0.2, -0.15) is 0 Å². The van der Waals surface area contributed by atoms with Gasteiger partial charge in [0.25, 0.3) is 11.5 Å². The maximum Gasteiger partial charge on any atom is 0.253 e. The Bertz CT molecular complexity index is 1080. The van der Waals surface area contributed by atoms with Crippen molar-refractivity contribution in [1.29, 1.82) is 0 Å². The molecule has 5 nitrogen and oxygen atoms in total. The van der Waals surface area contributed by atoms with Gasteiger partial charge in [0.05, 0.1) is 11.1 Å². The second kappa shape index (κ2) is 8.00. The lowest BCUT2D eigenvalue weighted by Gasteiger charge is -2.12. The zero-order valence-electron chi connectivity index (χ0n) is 16.7. The SMILES string of the molecule is CCCc1cc(C)[nH]c(=O)c1CNC(=O)c1cc(F)cc2c1ccn2C(C)C. The van der Waals surface area contributed by atoms with Gasteiger partial charge in [-0.1, -0.05) is 13.3 Å². The number of pyridine rings is 1. The van der Waals surface area contributed by atoms with Crippen LogP contribution in [-0.2, 0) is 13.0 Å². The number of nitrogens with one attached hydrogen (secondary N) is 2. The van der Waals surface area contributed by atoms with Crippen LogP contribution >= 0.6 is 0 Å². The molecule has 0 saturated carbocycles. The van der Waals surface area contributed by atoms with Crippen LogP contribution in [0.25, 0.3) is 10.9 Å². The zero-order chi connectivity index (χ0) is 20.4. The summed E-state index contributed by atoms with van der Waals surface area (Å²) >= 11 is 0. The van der Waals surface area contributed by atoms with Crippen molar-refractivity contribution in [3.63, 3.8) is 0 Å². The summed E-state index contributed by atoms with van der Waals surface area (Å²) in [5, 5.41) is 3.49. The Kier molecular flexibility index (Phi) is 5.68. The van der Waals surface area contributed by atoms with Crippen molar-refractivity contribution in [3.8, 4) is 0 Å². The highest BCUT2D eigenvalue weighted by Crippen LogP contribution is 2.25. The number of fused-ring (bicyclic) bond motifs is 1. The van der Waals surface area contributed by atoms with Gasteiger partial charge in [0.15, 0.2) is 0 Å². The lowest BCUT2D eigenvalue weighted by atomic mass is 10.0. The smallest absolute Gasteiger partial charge is 0.253 e. The third-order valence-electron chi connectivity index (χ3n) is 4.91. The monoisotopic (exact) mass is 383 g/mol. The Balaban J connectivity index is 1.92. The van der Waals surface area contributed by atoms with E-state index in [1.807, 2.05) is 50.6 Å². The Labute approximate surface area is 163 Å². The fourth-order valence-electron chi connectivity index (χ4n) is 3.60. The summed E-state index contributed by atoms with van der Waals surface area (Å²) in [7, 11) is 0. The van der Waals surface area contributed by atoms with E-state index in [9.17, 15) is 14.0 Å². The van der Waals surface area contributed by atoms with Crippen LogP contribution < -0.4 is 10.9 Å². The Morgan fingerprint density at radius 1 is 1.29 bits per heavy atom. The molecule has 2 heterocycles. The molecular formula is C22H26FN3O2. The molecule has 2 aromatic heterocycles. The minimum atomic E-state index is -0.460. The van der Waals surface area contributed by atoms with Gasteiger partial charge in [0, 0.05) is 35.4 Å². The molecule has 0 unspecified atom stereocenters. The number of aromatic amines is 1. The number of nitrogens with zero attached hydrogens (tertiary/aromatic N) is 1. The Hall–Kier alpha value is -2.89. The highest BCUT2D eigenvalue weighted by Gasteiger charge is 2.17. The highest BCUT2D eigenvalue weighted by atomic mass is 19.1. The van der Waals surface area contributed by atoms with Crippen molar-refractivity contribution in [2.45, 2.75) is 53.1 Å². The molecule has 148 valence electrons. The van der Waals surface area contributed by atoms with Gasteiger partial charge in [-0.15, -0.1) is 0 Å². The van der Waals surface area contributed by atoms with Crippen molar-refractivity contribution < 1.29 is 9.18 Å². The van der Waals surface area contributed by atoms with E-state index in [2.05, 4.69) is 10.3 Å². The zero-order valence-corrected chi connectivity index (χ0v) is 16.7. The van der Waals surface area contributed by atoms with E-state index >= 15 is 0 Å². The number of hydrogen-bond donors (Lipinski definition) is 2. The predicted molar refractivity (Wildman–Crippen MR) is 109 cm³/mol. The molecular weight excluding hydrogens is 357 g/mol. The van der Waals surface area contributed by atoms with E-state index in [-0.39, 0.29) is 23.7 Å². The fourth-order valence-corrected chi connectivity index (χ4v) is 3.60. The quantitative estimate of drug-likeness (QED) is 0.669. The molecule has 0 aliphatic carbocycles. The molecule has 0 bridgehead atoms. The van der Waals surface area contributed by atoms with Gasteiger partial charge in [0.1, 0.15) is 5.82 Å². The largest absolute Gasteiger partial charge is 0.348 e. The number of H-pyrrole nitrogens is 1. The van der Waals surface area contributed by atoms with E-state index < -0.39 is 11.7 Å². The van der Waals surface area contributed by atoms with Crippen molar-refractivity contribution in [2.24, 2.45) is 0 Å². The summed E-state index contributed by atoms with van der Waals surface area (Å²) in [5.74, 6) is -0.855. The standard InChI is InChI=1S/C22H26FN3O2/c1-5-6-15-9-14(4)25-22(28)19(15)12-24-21(27)18-10-16(23)11-20-17(18)7-8-26(20)13(2)3/h7-11,13H,5-6,12H2,1-4H3,(H,24,27)(H,25,28). The first-order valence-electron chi connectivity index (χ1n) is 9.61. The number of carbonyl (C=O) groups excluding carboxylic acids is 1. The fraction of sp³-hybridized carbons (Fsp3) is 0.364. The van der Waals surface area contributed by atoms with Gasteiger partial charge in [-0.3, -0.25) is 9.59 Å². The van der Waals surface area contributed by atoms with Crippen molar-refractivity contribution >= 4 is 16.8 Å². The van der Waals surface area contributed by atoms with Gasteiger partial charge in [-0.25, -0.2) is 4.39 Å². The number of carbonyl (C=O) groups is 1. The first-order valence-corrected chi connectivity index (χ1v) is 9.61. The maximum atomic E-state index is 14.2. The second-order valence-corrected chi connectivity index (χ2v) is 7.42. The third kappa shape index (κ3) is 3.86. The number of aromatic nitrogens is 2. The third-order valence-corrected chi connectivity index (χ3v) is 4.91. The first kappa shape index (κ1) is 19.9. The van der Waals surface area contributed by atoms with E-state index in [1.165, 1.54) is 12.1 Å². The number of hydrogen-bond acceptors (Lipinski definition) is 2. The summed E-state index contributed by atoms with van der Waals surface area (Å²) in [6, 6.07) is 6.60. The summed E-state index contributed by atoms with van der Waals surface area (Å²) in [6.45, 7) is 7.99. The molecule has 28 heavy (non-hydrogen) atoms. The molecule has 6 heteroatoms. The topological polar surface area (TPSA) is 66.9 Å². The molecule has 0 saturated heterocycles. The van der Waals surface area contributed by atoms with E-state index in [1.54, 1.807) is 0 Å². The lowest BCUT2D eigenvalue weighted by molar-refractivity contribution is 0.0952. The predicted octanol–water partition coefficient (Wildman–Crippen LogP) is 4.24. The molecule has 1 amide bonds. The van der Waals surface area contributed by atoms with Crippen LogP contribution in [0.3, 0.4) is 0 Å². The molecule has 1 aromatic carbocycles. The molecule has 0 radical (unpaired) electrons. The number of benzene rings is 1. The van der Waals surface area contributed by atoms with E-state index in [0.29, 0.717) is 16.5 Å². The number of rotatable bonds is 6. The van der Waals surface area contributed by atoms with Gasteiger partial charge >= 0.3 is 0 Å². The first-order chi connectivity index (χ1) is 13.3. The van der Waals surface area contributed by atoms with Crippen LogP contribution in [0, 0.1) is 12.7 Å². The molecule has 3 rings (SSSR count). The molecule has 2 N–H and O–H groups in total. The van der Waals surface area contributed by atoms with Crippen LogP contribution in [0.4, 0.5) is 4.39 Å². The molecule has 3 aromatic rings. The van der Waals surface area contributed by atoms with Crippen molar-refractivity contribution in [2.75, 3.05) is 0 Å². The van der Waals surface area contributed by atoms with Crippen LogP contribution in [0.5, 0.6) is 0 Å². The lowest BCUT2D eigenvalue weighted by Crippen LogP contribution is -2.28. The Morgan fingerprint density at radius 2 is 2.04 bits per heavy atom. The molecule has 0 aliphatic heterocycles. The molecule has 0 spiro atoms. The summed E-state index contributed by atoms with van der Waals surface area (Å²) in [6.07, 6.45) is 3.52. The minimum absolute atomic E-state index is 0.104. The van der Waals surface area contributed by atoms with Crippen LogP contribution in [0.2, 0.25) is 0 Å². The molecule has 0 aliphatic rings.